The lowest BCUT2D eigenvalue weighted by Gasteiger charge is -2.19. The van der Waals surface area contributed by atoms with Gasteiger partial charge in [0.25, 0.3) is 0 Å². The first-order valence-corrected chi connectivity index (χ1v) is 7.45. The maximum Gasteiger partial charge on any atom is 0.317 e. The molecule has 0 bridgehead atoms. The fraction of sp³-hybridized carbons (Fsp3) is 0.438. The van der Waals surface area contributed by atoms with Gasteiger partial charge in [0.2, 0.25) is 0 Å². The lowest BCUT2D eigenvalue weighted by Crippen LogP contribution is -2.29. The summed E-state index contributed by atoms with van der Waals surface area (Å²) in [5.41, 5.74) is 0.248. The third-order valence-electron chi connectivity index (χ3n) is 3.32. The second kappa shape index (κ2) is 7.04. The van der Waals surface area contributed by atoms with Gasteiger partial charge in [-0.1, -0.05) is 26.8 Å². The summed E-state index contributed by atoms with van der Waals surface area (Å²) in [6.45, 7) is 6.00. The molecule has 0 amide bonds. The SMILES string of the molecule is CC(C)(C)c1n[nH]c(CN(CC(=O)O)Cc2ccc(F)c(F)c2)n1. The van der Waals surface area contributed by atoms with Crippen LogP contribution in [-0.4, -0.2) is 37.7 Å². The summed E-state index contributed by atoms with van der Waals surface area (Å²) in [6.07, 6.45) is 0. The van der Waals surface area contributed by atoms with Crippen molar-refractivity contribution < 1.29 is 18.7 Å². The Hall–Kier alpha value is -2.35. The summed E-state index contributed by atoms with van der Waals surface area (Å²) in [4.78, 5) is 17.0. The number of halogens is 2. The van der Waals surface area contributed by atoms with Crippen LogP contribution in [0.4, 0.5) is 8.78 Å². The molecule has 0 radical (unpaired) electrons. The van der Waals surface area contributed by atoms with E-state index >= 15 is 0 Å². The molecule has 1 aromatic carbocycles. The summed E-state index contributed by atoms with van der Waals surface area (Å²) in [7, 11) is 0. The first kappa shape index (κ1) is 18.0. The molecule has 130 valence electrons. The molecule has 0 unspecified atom stereocenters. The van der Waals surface area contributed by atoms with Crippen LogP contribution in [0.5, 0.6) is 0 Å². The number of aromatic nitrogens is 3. The summed E-state index contributed by atoms with van der Waals surface area (Å²) >= 11 is 0. The molecule has 2 rings (SSSR count). The van der Waals surface area contributed by atoms with Gasteiger partial charge in [0, 0.05) is 12.0 Å². The zero-order valence-electron chi connectivity index (χ0n) is 13.8. The first-order valence-electron chi connectivity index (χ1n) is 7.45. The predicted molar refractivity (Wildman–Crippen MR) is 83.2 cm³/mol. The number of aliphatic carboxylic acids is 1. The fourth-order valence-electron chi connectivity index (χ4n) is 2.17. The molecule has 0 aliphatic carbocycles. The zero-order chi connectivity index (χ0) is 17.9. The number of carboxylic acid groups (broad SMARTS) is 1. The number of carboxylic acids is 1. The second-order valence-electron chi connectivity index (χ2n) is 6.64. The largest absolute Gasteiger partial charge is 0.480 e. The van der Waals surface area contributed by atoms with Gasteiger partial charge in [-0.3, -0.25) is 14.8 Å². The monoisotopic (exact) mass is 338 g/mol. The summed E-state index contributed by atoms with van der Waals surface area (Å²) in [5, 5.41) is 16.0. The van der Waals surface area contributed by atoms with Crippen LogP contribution < -0.4 is 0 Å². The smallest absolute Gasteiger partial charge is 0.317 e. The van der Waals surface area contributed by atoms with E-state index in [1.165, 1.54) is 6.07 Å². The Morgan fingerprint density at radius 3 is 2.50 bits per heavy atom. The summed E-state index contributed by atoms with van der Waals surface area (Å²) in [6, 6.07) is 3.51. The van der Waals surface area contributed by atoms with Gasteiger partial charge in [0.1, 0.15) is 5.82 Å². The minimum absolute atomic E-state index is 0.148. The van der Waals surface area contributed by atoms with E-state index in [-0.39, 0.29) is 25.0 Å². The van der Waals surface area contributed by atoms with Crippen LogP contribution in [0, 0.1) is 11.6 Å². The van der Waals surface area contributed by atoms with Crippen LogP contribution in [-0.2, 0) is 23.3 Å². The van der Waals surface area contributed by atoms with Crippen LogP contribution in [0.1, 0.15) is 38.0 Å². The van der Waals surface area contributed by atoms with Crippen molar-refractivity contribution >= 4 is 5.97 Å². The zero-order valence-corrected chi connectivity index (χ0v) is 13.8. The quantitative estimate of drug-likeness (QED) is 0.845. The molecular weight excluding hydrogens is 318 g/mol. The highest BCUT2D eigenvalue weighted by Crippen LogP contribution is 2.18. The van der Waals surface area contributed by atoms with Crippen molar-refractivity contribution in [2.24, 2.45) is 0 Å². The molecular formula is C16H20F2N4O2. The van der Waals surface area contributed by atoms with Crippen LogP contribution in [0.15, 0.2) is 18.2 Å². The molecule has 8 heteroatoms. The summed E-state index contributed by atoms with van der Waals surface area (Å²) < 4.78 is 26.3. The van der Waals surface area contributed by atoms with E-state index in [0.29, 0.717) is 17.2 Å². The highest BCUT2D eigenvalue weighted by Gasteiger charge is 2.21. The lowest BCUT2D eigenvalue weighted by molar-refractivity contribution is -0.138. The highest BCUT2D eigenvalue weighted by molar-refractivity contribution is 5.69. The third kappa shape index (κ3) is 4.82. The molecule has 6 nitrogen and oxygen atoms in total. The normalized spacial score (nSPS) is 11.9. The molecule has 0 atom stereocenters. The van der Waals surface area contributed by atoms with E-state index in [1.807, 2.05) is 20.8 Å². The molecule has 0 aliphatic rings. The number of aromatic amines is 1. The number of nitrogens with one attached hydrogen (secondary N) is 1. The minimum atomic E-state index is -1.02. The van der Waals surface area contributed by atoms with Gasteiger partial charge in [0.15, 0.2) is 17.5 Å². The number of benzene rings is 1. The third-order valence-corrected chi connectivity index (χ3v) is 3.32. The van der Waals surface area contributed by atoms with Gasteiger partial charge in [0.05, 0.1) is 13.1 Å². The van der Waals surface area contributed by atoms with Crippen molar-refractivity contribution in [3.63, 3.8) is 0 Å². The van der Waals surface area contributed by atoms with Gasteiger partial charge < -0.3 is 5.11 Å². The Bertz CT molecular complexity index is 725. The van der Waals surface area contributed by atoms with E-state index in [0.717, 1.165) is 12.1 Å². The molecule has 0 saturated heterocycles. The van der Waals surface area contributed by atoms with E-state index in [4.69, 9.17) is 5.11 Å². The average Bonchev–Trinajstić information content (AvgIpc) is 2.90. The Morgan fingerprint density at radius 2 is 1.96 bits per heavy atom. The van der Waals surface area contributed by atoms with Crippen molar-refractivity contribution in [3.05, 3.63) is 47.0 Å². The first-order chi connectivity index (χ1) is 11.1. The second-order valence-corrected chi connectivity index (χ2v) is 6.64. The van der Waals surface area contributed by atoms with E-state index in [2.05, 4.69) is 15.2 Å². The Morgan fingerprint density at radius 1 is 1.25 bits per heavy atom. The van der Waals surface area contributed by atoms with Gasteiger partial charge in [-0.2, -0.15) is 5.10 Å². The molecule has 1 aromatic heterocycles. The molecule has 2 N–H and O–H groups in total. The topological polar surface area (TPSA) is 82.1 Å². The number of hydrogen-bond donors (Lipinski definition) is 2. The molecule has 2 aromatic rings. The predicted octanol–water partition coefficient (Wildman–Crippen LogP) is 2.47. The summed E-state index contributed by atoms with van der Waals surface area (Å²) in [5.74, 6) is -1.77. The van der Waals surface area contributed by atoms with E-state index < -0.39 is 17.6 Å². The maximum absolute atomic E-state index is 13.3. The minimum Gasteiger partial charge on any atom is -0.480 e. The maximum atomic E-state index is 13.3. The molecule has 0 saturated carbocycles. The molecule has 24 heavy (non-hydrogen) atoms. The van der Waals surface area contributed by atoms with E-state index in [1.54, 1.807) is 4.90 Å². The standard InChI is InChI=1S/C16H20F2N4O2/c1-16(2,3)15-19-13(20-21-15)8-22(9-14(23)24)7-10-4-5-11(17)12(18)6-10/h4-6H,7-9H2,1-3H3,(H,23,24)(H,19,20,21). The Labute approximate surface area is 138 Å². The average molecular weight is 338 g/mol. The Balaban J connectivity index is 2.14. The Kier molecular flexibility index (Phi) is 5.28. The van der Waals surface area contributed by atoms with Crippen molar-refractivity contribution in [1.82, 2.24) is 20.1 Å². The van der Waals surface area contributed by atoms with Crippen LogP contribution in [0.25, 0.3) is 0 Å². The highest BCUT2D eigenvalue weighted by atomic mass is 19.2. The lowest BCUT2D eigenvalue weighted by atomic mass is 9.96. The number of hydrogen-bond acceptors (Lipinski definition) is 4. The van der Waals surface area contributed by atoms with Crippen molar-refractivity contribution in [1.29, 1.82) is 0 Å². The number of rotatable bonds is 6. The van der Waals surface area contributed by atoms with Crippen LogP contribution in [0.2, 0.25) is 0 Å². The molecule has 0 spiro atoms. The van der Waals surface area contributed by atoms with E-state index in [9.17, 15) is 13.6 Å². The van der Waals surface area contributed by atoms with Gasteiger partial charge in [-0.05, 0) is 17.7 Å². The van der Waals surface area contributed by atoms with Gasteiger partial charge in [-0.15, -0.1) is 0 Å². The number of H-pyrrole nitrogens is 1. The van der Waals surface area contributed by atoms with Crippen molar-refractivity contribution in [2.75, 3.05) is 6.54 Å². The van der Waals surface area contributed by atoms with Crippen molar-refractivity contribution in [2.45, 2.75) is 39.3 Å². The molecule has 1 heterocycles. The fourth-order valence-corrected chi connectivity index (χ4v) is 2.17. The van der Waals surface area contributed by atoms with Gasteiger partial charge in [-0.25, -0.2) is 13.8 Å². The molecule has 0 fully saturated rings. The van der Waals surface area contributed by atoms with Crippen LogP contribution in [0.3, 0.4) is 0 Å². The van der Waals surface area contributed by atoms with Crippen molar-refractivity contribution in [3.8, 4) is 0 Å². The van der Waals surface area contributed by atoms with Crippen LogP contribution >= 0.6 is 0 Å². The number of carbonyl (C=O) groups is 1. The van der Waals surface area contributed by atoms with Gasteiger partial charge >= 0.3 is 5.97 Å². The number of nitrogens with zero attached hydrogens (tertiary/aromatic N) is 3. The molecule has 0 aliphatic heterocycles.